The van der Waals surface area contributed by atoms with E-state index in [1.54, 1.807) is 0 Å². The lowest BCUT2D eigenvalue weighted by atomic mass is 10.1. The van der Waals surface area contributed by atoms with Crippen LogP contribution >= 0.6 is 0 Å². The summed E-state index contributed by atoms with van der Waals surface area (Å²) in [6.45, 7) is 2.65. The Hall–Kier alpha value is -3.33. The molecule has 1 aliphatic heterocycles. The second-order valence-electron chi connectivity index (χ2n) is 6.56. The van der Waals surface area contributed by atoms with E-state index in [-0.39, 0.29) is 30.2 Å². The van der Waals surface area contributed by atoms with Crippen LogP contribution in [0.1, 0.15) is 12.5 Å². The number of nitrogens with zero attached hydrogens (tertiary/aromatic N) is 1. The van der Waals surface area contributed by atoms with Gasteiger partial charge in [-0.2, -0.15) is 0 Å². The molecule has 3 rings (SSSR count). The van der Waals surface area contributed by atoms with Gasteiger partial charge in [0, 0.05) is 11.6 Å². The minimum atomic E-state index is -0.514. The lowest BCUT2D eigenvalue weighted by Gasteiger charge is -2.21. The van der Waals surface area contributed by atoms with Gasteiger partial charge in [-0.3, -0.25) is 14.9 Å². The summed E-state index contributed by atoms with van der Waals surface area (Å²) in [7, 11) is 3.32. The summed E-state index contributed by atoms with van der Waals surface area (Å²) in [5.41, 5.74) is 1.31. The number of rotatable bonds is 7. The fourth-order valence-corrected chi connectivity index (χ4v) is 2.89. The molecule has 9 heteroatoms. The van der Waals surface area contributed by atoms with Crippen molar-refractivity contribution >= 4 is 17.3 Å². The molecule has 0 spiro atoms. The molecule has 1 heterocycles. The Morgan fingerprint density at radius 3 is 2.75 bits per heavy atom. The SMILES string of the molecule is COc1cc([N+](=O)[O-])ccc1NC(=O)[C@H](C)[NH+](C)Cc1ccc2c(c1)OCO2. The molecule has 9 nitrogen and oxygen atoms in total. The van der Waals surface area contributed by atoms with Crippen LogP contribution in [0, 0.1) is 10.1 Å². The summed E-state index contributed by atoms with van der Waals surface area (Å²) in [6.07, 6.45) is 0. The van der Waals surface area contributed by atoms with E-state index in [2.05, 4.69) is 5.32 Å². The number of carbonyl (C=O) groups excluding carboxylic acids is 1. The van der Waals surface area contributed by atoms with Crippen molar-refractivity contribution in [2.45, 2.75) is 19.5 Å². The number of methoxy groups -OCH3 is 1. The molecule has 2 aromatic carbocycles. The summed E-state index contributed by atoms with van der Waals surface area (Å²) >= 11 is 0. The van der Waals surface area contributed by atoms with Crippen molar-refractivity contribution in [3.63, 3.8) is 0 Å². The first kappa shape index (κ1) is 19.4. The van der Waals surface area contributed by atoms with Crippen molar-refractivity contribution in [2.24, 2.45) is 0 Å². The molecule has 1 amide bonds. The molecule has 148 valence electrons. The standard InChI is InChI=1S/C19H21N3O6/c1-12(21(2)10-13-4-7-16-18(8-13)28-11-27-16)19(23)20-15-6-5-14(22(24)25)9-17(15)26-3/h4-9,12H,10-11H2,1-3H3,(H,20,23)/p+1/t12-/m0/s1. The minimum Gasteiger partial charge on any atom is -0.494 e. The maximum absolute atomic E-state index is 12.7. The van der Waals surface area contributed by atoms with Gasteiger partial charge in [0.15, 0.2) is 17.5 Å². The number of carbonyl (C=O) groups is 1. The molecule has 0 saturated heterocycles. The monoisotopic (exact) mass is 388 g/mol. The summed E-state index contributed by atoms with van der Waals surface area (Å²) in [5, 5.41) is 13.7. The Morgan fingerprint density at radius 1 is 1.29 bits per heavy atom. The van der Waals surface area contributed by atoms with Gasteiger partial charge in [-0.1, -0.05) is 0 Å². The minimum absolute atomic E-state index is 0.103. The summed E-state index contributed by atoms with van der Waals surface area (Å²) in [6, 6.07) is 9.42. The molecule has 0 aromatic heterocycles. The van der Waals surface area contributed by atoms with E-state index < -0.39 is 4.92 Å². The molecule has 28 heavy (non-hydrogen) atoms. The topological polar surface area (TPSA) is 104 Å². The van der Waals surface area contributed by atoms with Gasteiger partial charge < -0.3 is 24.4 Å². The first-order valence-electron chi connectivity index (χ1n) is 8.73. The van der Waals surface area contributed by atoms with Crippen LogP contribution in [0.3, 0.4) is 0 Å². The lowest BCUT2D eigenvalue weighted by molar-refractivity contribution is -0.907. The maximum Gasteiger partial charge on any atom is 0.282 e. The van der Waals surface area contributed by atoms with Gasteiger partial charge in [0.2, 0.25) is 6.79 Å². The molecule has 0 saturated carbocycles. The van der Waals surface area contributed by atoms with Gasteiger partial charge >= 0.3 is 0 Å². The van der Waals surface area contributed by atoms with Crippen molar-refractivity contribution in [2.75, 3.05) is 26.3 Å². The highest BCUT2D eigenvalue weighted by Gasteiger charge is 2.24. The van der Waals surface area contributed by atoms with Gasteiger partial charge in [-0.05, 0) is 31.2 Å². The van der Waals surface area contributed by atoms with Gasteiger partial charge in [0.1, 0.15) is 12.3 Å². The van der Waals surface area contributed by atoms with E-state index >= 15 is 0 Å². The predicted octanol–water partition coefficient (Wildman–Crippen LogP) is 1.37. The number of benzene rings is 2. The highest BCUT2D eigenvalue weighted by molar-refractivity contribution is 5.95. The number of ether oxygens (including phenoxy) is 3. The lowest BCUT2D eigenvalue weighted by Crippen LogP contribution is -3.12. The fraction of sp³-hybridized carbons (Fsp3) is 0.316. The molecule has 0 bridgehead atoms. The highest BCUT2D eigenvalue weighted by Crippen LogP contribution is 2.32. The van der Waals surface area contributed by atoms with E-state index in [0.29, 0.717) is 18.0 Å². The van der Waals surface area contributed by atoms with E-state index in [9.17, 15) is 14.9 Å². The molecule has 1 aliphatic rings. The third-order valence-corrected chi connectivity index (χ3v) is 4.71. The van der Waals surface area contributed by atoms with Crippen LogP contribution in [0.4, 0.5) is 11.4 Å². The molecule has 2 atom stereocenters. The second-order valence-corrected chi connectivity index (χ2v) is 6.56. The van der Waals surface area contributed by atoms with Crippen LogP contribution in [-0.4, -0.2) is 37.8 Å². The number of quaternary nitrogens is 1. The van der Waals surface area contributed by atoms with Crippen LogP contribution in [0.15, 0.2) is 36.4 Å². The maximum atomic E-state index is 12.7. The number of nitrogens with one attached hydrogen (secondary N) is 2. The Morgan fingerprint density at radius 2 is 2.04 bits per heavy atom. The zero-order valence-electron chi connectivity index (χ0n) is 15.9. The molecule has 2 aromatic rings. The summed E-state index contributed by atoms with van der Waals surface area (Å²) in [5.74, 6) is 1.45. The Bertz CT molecular complexity index is 901. The van der Waals surface area contributed by atoms with E-state index in [0.717, 1.165) is 16.2 Å². The van der Waals surface area contributed by atoms with Crippen molar-refractivity contribution in [1.82, 2.24) is 0 Å². The second kappa shape index (κ2) is 8.13. The average Bonchev–Trinajstić information content (AvgIpc) is 3.15. The number of anilines is 1. The van der Waals surface area contributed by atoms with E-state index in [1.807, 2.05) is 32.2 Å². The molecular formula is C19H22N3O6+. The van der Waals surface area contributed by atoms with Crippen molar-refractivity contribution in [3.8, 4) is 17.2 Å². The normalized spacial score (nSPS) is 14.2. The largest absolute Gasteiger partial charge is 0.494 e. The quantitative estimate of drug-likeness (QED) is 0.548. The van der Waals surface area contributed by atoms with Gasteiger partial charge in [0.05, 0.1) is 30.8 Å². The molecule has 0 aliphatic carbocycles. The third-order valence-electron chi connectivity index (χ3n) is 4.71. The number of hydrogen-bond acceptors (Lipinski definition) is 6. The van der Waals surface area contributed by atoms with Crippen LogP contribution in [-0.2, 0) is 11.3 Å². The Kier molecular flexibility index (Phi) is 5.65. The van der Waals surface area contributed by atoms with Gasteiger partial charge in [-0.25, -0.2) is 0 Å². The Balaban J connectivity index is 1.66. The Labute approximate surface area is 162 Å². The first-order valence-corrected chi connectivity index (χ1v) is 8.73. The number of hydrogen-bond donors (Lipinski definition) is 2. The number of amides is 1. The molecule has 0 fully saturated rings. The van der Waals surface area contributed by atoms with Crippen LogP contribution < -0.4 is 24.4 Å². The van der Waals surface area contributed by atoms with Crippen molar-refractivity contribution in [3.05, 3.63) is 52.1 Å². The zero-order valence-corrected chi connectivity index (χ0v) is 15.9. The van der Waals surface area contributed by atoms with E-state index in [1.165, 1.54) is 25.3 Å². The fourth-order valence-electron chi connectivity index (χ4n) is 2.89. The molecule has 0 radical (unpaired) electrons. The summed E-state index contributed by atoms with van der Waals surface area (Å²) in [4.78, 5) is 24.0. The number of fused-ring (bicyclic) bond motifs is 1. The molecule has 1 unspecified atom stereocenters. The van der Waals surface area contributed by atoms with Crippen molar-refractivity contribution in [1.29, 1.82) is 0 Å². The van der Waals surface area contributed by atoms with Gasteiger partial charge in [0.25, 0.3) is 11.6 Å². The van der Waals surface area contributed by atoms with Crippen LogP contribution in [0.25, 0.3) is 0 Å². The summed E-state index contributed by atoms with van der Waals surface area (Å²) < 4.78 is 15.9. The smallest absolute Gasteiger partial charge is 0.282 e. The highest BCUT2D eigenvalue weighted by atomic mass is 16.7. The van der Waals surface area contributed by atoms with Crippen LogP contribution in [0.5, 0.6) is 17.2 Å². The number of nitro groups is 1. The van der Waals surface area contributed by atoms with Crippen molar-refractivity contribution < 1.29 is 28.8 Å². The van der Waals surface area contributed by atoms with E-state index in [4.69, 9.17) is 14.2 Å². The van der Waals surface area contributed by atoms with Crippen LogP contribution in [0.2, 0.25) is 0 Å². The first-order chi connectivity index (χ1) is 13.4. The molecular weight excluding hydrogens is 366 g/mol. The van der Waals surface area contributed by atoms with Gasteiger partial charge in [-0.15, -0.1) is 0 Å². The number of nitro benzene ring substituents is 1. The zero-order chi connectivity index (χ0) is 20.3. The number of non-ortho nitro benzene ring substituents is 1. The number of likely N-dealkylation sites (N-methyl/N-ethyl adjacent to an activating group) is 1. The average molecular weight is 388 g/mol. The third kappa shape index (κ3) is 4.15. The predicted molar refractivity (Wildman–Crippen MR) is 101 cm³/mol. The molecule has 2 N–H and O–H groups in total.